The van der Waals surface area contributed by atoms with Crippen LogP contribution in [0, 0.1) is 20.8 Å². The quantitative estimate of drug-likeness (QED) is 0.451. The van der Waals surface area contributed by atoms with E-state index in [4.69, 9.17) is 15.2 Å². The highest BCUT2D eigenvalue weighted by molar-refractivity contribution is 6.09. The molecule has 0 aliphatic carbocycles. The molecule has 1 atom stereocenters. The van der Waals surface area contributed by atoms with E-state index in [2.05, 4.69) is 10.3 Å². The van der Waals surface area contributed by atoms with Gasteiger partial charge in [0.1, 0.15) is 5.56 Å². The van der Waals surface area contributed by atoms with Crippen LogP contribution in [0.1, 0.15) is 59.5 Å². The third kappa shape index (κ3) is 4.57. The van der Waals surface area contributed by atoms with Gasteiger partial charge in [-0.05, 0) is 64.3 Å². The second-order valence-corrected chi connectivity index (χ2v) is 9.73. The fourth-order valence-electron chi connectivity index (χ4n) is 4.27. The molecular weight excluding hydrogens is 446 g/mol. The number of carbonyl (C=O) groups excluding carboxylic acids is 1. The number of carbonyl (C=O) groups is 2. The fraction of sp³-hybridized carbons (Fsp3) is 0.296. The lowest BCUT2D eigenvalue weighted by molar-refractivity contribution is -0.160. The van der Waals surface area contributed by atoms with Gasteiger partial charge < -0.3 is 25.6 Å². The van der Waals surface area contributed by atoms with Crippen LogP contribution in [-0.4, -0.2) is 27.6 Å². The van der Waals surface area contributed by atoms with E-state index in [1.165, 1.54) is 12.3 Å². The van der Waals surface area contributed by atoms with Crippen LogP contribution in [0.2, 0.25) is 0 Å². The summed E-state index contributed by atoms with van der Waals surface area (Å²) >= 11 is 0. The van der Waals surface area contributed by atoms with Crippen LogP contribution in [-0.2, 0) is 9.53 Å². The number of benzene rings is 2. The molecule has 1 aromatic heterocycles. The maximum Gasteiger partial charge on any atom is 0.337 e. The van der Waals surface area contributed by atoms with Crippen molar-refractivity contribution in [2.45, 2.75) is 53.2 Å². The molecule has 1 aliphatic heterocycles. The molecule has 0 saturated carbocycles. The SMILES string of the molecule is Cc1ccc(-c2c(C)c3c(c(C)c2[C@H](OC(C)(C)C)C(=O)O)NC(=O)c2cc(N)cnc2O3)cc1. The van der Waals surface area contributed by atoms with E-state index in [1.54, 1.807) is 27.7 Å². The highest BCUT2D eigenvalue weighted by Gasteiger charge is 2.36. The fourth-order valence-corrected chi connectivity index (χ4v) is 4.27. The molecule has 4 N–H and O–H groups in total. The number of nitrogen functional groups attached to an aromatic ring is 1. The van der Waals surface area contributed by atoms with E-state index in [0.29, 0.717) is 39.4 Å². The summed E-state index contributed by atoms with van der Waals surface area (Å²) in [5.74, 6) is -1.06. The zero-order valence-electron chi connectivity index (χ0n) is 20.6. The normalized spacial score (nSPS) is 13.7. The maximum absolute atomic E-state index is 13.1. The predicted octanol–water partition coefficient (Wildman–Crippen LogP) is 5.55. The molecule has 35 heavy (non-hydrogen) atoms. The van der Waals surface area contributed by atoms with Crippen molar-refractivity contribution in [1.82, 2.24) is 4.98 Å². The Balaban J connectivity index is 2.06. The molecular formula is C27H29N3O5. The number of carboxylic acid groups (broad SMARTS) is 1. The van der Waals surface area contributed by atoms with E-state index >= 15 is 0 Å². The lowest BCUT2D eigenvalue weighted by atomic mass is 9.86. The number of aryl methyl sites for hydroxylation is 1. The van der Waals surface area contributed by atoms with Gasteiger partial charge in [-0.15, -0.1) is 0 Å². The van der Waals surface area contributed by atoms with Gasteiger partial charge in [-0.3, -0.25) is 4.79 Å². The summed E-state index contributed by atoms with van der Waals surface area (Å²) in [5.41, 5.74) is 10.2. The summed E-state index contributed by atoms with van der Waals surface area (Å²) in [7, 11) is 0. The Labute approximate surface area is 204 Å². The Hall–Kier alpha value is -3.91. The van der Waals surface area contributed by atoms with Crippen LogP contribution < -0.4 is 15.8 Å². The number of rotatable bonds is 4. The molecule has 0 radical (unpaired) electrons. The number of fused-ring (bicyclic) bond motifs is 2. The van der Waals surface area contributed by atoms with Gasteiger partial charge in [-0.25, -0.2) is 9.78 Å². The first-order valence-corrected chi connectivity index (χ1v) is 11.3. The molecule has 182 valence electrons. The molecule has 2 heterocycles. The first-order chi connectivity index (χ1) is 16.4. The minimum Gasteiger partial charge on any atom is -0.479 e. The van der Waals surface area contributed by atoms with Crippen molar-refractivity contribution in [1.29, 1.82) is 0 Å². The molecule has 0 bridgehead atoms. The van der Waals surface area contributed by atoms with Crippen molar-refractivity contribution in [3.8, 4) is 22.8 Å². The zero-order chi connectivity index (χ0) is 25.7. The summed E-state index contributed by atoms with van der Waals surface area (Å²) in [6, 6.07) is 9.29. The third-order valence-electron chi connectivity index (χ3n) is 5.84. The lowest BCUT2D eigenvalue weighted by Crippen LogP contribution is -2.28. The molecule has 3 aromatic rings. The van der Waals surface area contributed by atoms with Crippen LogP contribution >= 0.6 is 0 Å². The van der Waals surface area contributed by atoms with Gasteiger partial charge in [0.05, 0.1) is 23.2 Å². The molecule has 0 fully saturated rings. The van der Waals surface area contributed by atoms with E-state index in [-0.39, 0.29) is 11.4 Å². The molecule has 4 rings (SSSR count). The number of carboxylic acids is 1. The van der Waals surface area contributed by atoms with Gasteiger partial charge in [0, 0.05) is 11.1 Å². The number of nitrogens with one attached hydrogen (secondary N) is 1. The average Bonchev–Trinajstić information content (AvgIpc) is 2.91. The van der Waals surface area contributed by atoms with Gasteiger partial charge in [-0.2, -0.15) is 0 Å². The van der Waals surface area contributed by atoms with Gasteiger partial charge in [0.2, 0.25) is 5.88 Å². The van der Waals surface area contributed by atoms with Crippen molar-refractivity contribution in [2.24, 2.45) is 0 Å². The summed E-state index contributed by atoms with van der Waals surface area (Å²) in [5, 5.41) is 13.1. The Morgan fingerprint density at radius 3 is 2.40 bits per heavy atom. The number of amides is 1. The topological polar surface area (TPSA) is 124 Å². The Bertz CT molecular complexity index is 1340. The standard InChI is InChI=1S/C27H29N3O5/c1-13-7-9-16(10-8-13)19-15(3)22-21(14(2)20(19)23(26(32)33)35-27(4,5)6)30-24(31)18-11-17(28)12-29-25(18)34-22/h7-12,23H,28H2,1-6H3,(H,30,31)(H,32,33)/t23-/m0/s1. The largest absolute Gasteiger partial charge is 0.479 e. The minimum atomic E-state index is -1.29. The first kappa shape index (κ1) is 24.2. The molecule has 8 nitrogen and oxygen atoms in total. The number of hydrogen-bond donors (Lipinski definition) is 3. The highest BCUT2D eigenvalue weighted by Crippen LogP contribution is 2.49. The summed E-state index contributed by atoms with van der Waals surface area (Å²) in [4.78, 5) is 29.8. The maximum atomic E-state index is 13.1. The number of aromatic nitrogens is 1. The number of ether oxygens (including phenoxy) is 2. The van der Waals surface area contributed by atoms with Crippen molar-refractivity contribution < 1.29 is 24.2 Å². The van der Waals surface area contributed by atoms with Gasteiger partial charge >= 0.3 is 5.97 Å². The molecule has 0 unspecified atom stereocenters. The molecule has 1 aliphatic rings. The summed E-state index contributed by atoms with van der Waals surface area (Å²) in [6.07, 6.45) is 0.137. The van der Waals surface area contributed by atoms with Crippen molar-refractivity contribution in [2.75, 3.05) is 11.1 Å². The Morgan fingerprint density at radius 1 is 1.14 bits per heavy atom. The number of pyridine rings is 1. The van der Waals surface area contributed by atoms with Crippen LogP contribution in [0.4, 0.5) is 11.4 Å². The Morgan fingerprint density at radius 2 is 1.80 bits per heavy atom. The smallest absolute Gasteiger partial charge is 0.337 e. The number of aliphatic carboxylic acids is 1. The van der Waals surface area contributed by atoms with E-state index < -0.39 is 23.6 Å². The van der Waals surface area contributed by atoms with Crippen LogP contribution in [0.5, 0.6) is 11.6 Å². The second-order valence-electron chi connectivity index (χ2n) is 9.73. The van der Waals surface area contributed by atoms with E-state index in [0.717, 1.165) is 11.1 Å². The zero-order valence-corrected chi connectivity index (χ0v) is 20.6. The van der Waals surface area contributed by atoms with E-state index in [9.17, 15) is 14.7 Å². The minimum absolute atomic E-state index is 0.126. The van der Waals surface area contributed by atoms with Gasteiger partial charge in [0.25, 0.3) is 5.91 Å². The van der Waals surface area contributed by atoms with Crippen molar-refractivity contribution in [3.05, 3.63) is 64.3 Å². The predicted molar refractivity (Wildman–Crippen MR) is 134 cm³/mol. The molecule has 0 spiro atoms. The van der Waals surface area contributed by atoms with E-state index in [1.807, 2.05) is 38.1 Å². The Kier molecular flexibility index (Phi) is 6.02. The molecule has 8 heteroatoms. The van der Waals surface area contributed by atoms with Crippen LogP contribution in [0.15, 0.2) is 36.5 Å². The second kappa shape index (κ2) is 8.70. The number of hydrogen-bond acceptors (Lipinski definition) is 6. The van der Waals surface area contributed by atoms with Gasteiger partial charge in [-0.1, -0.05) is 29.8 Å². The summed E-state index contributed by atoms with van der Waals surface area (Å²) in [6.45, 7) is 11.0. The summed E-state index contributed by atoms with van der Waals surface area (Å²) < 4.78 is 12.2. The van der Waals surface area contributed by atoms with Crippen LogP contribution in [0.3, 0.4) is 0 Å². The van der Waals surface area contributed by atoms with Crippen molar-refractivity contribution in [3.63, 3.8) is 0 Å². The number of anilines is 2. The number of nitrogens with two attached hydrogens (primary N) is 1. The molecule has 0 saturated heterocycles. The first-order valence-electron chi connectivity index (χ1n) is 11.3. The molecule has 1 amide bonds. The monoisotopic (exact) mass is 475 g/mol. The lowest BCUT2D eigenvalue weighted by Gasteiger charge is -2.30. The third-order valence-corrected chi connectivity index (χ3v) is 5.84. The van der Waals surface area contributed by atoms with Crippen LogP contribution in [0.25, 0.3) is 11.1 Å². The molecule has 2 aromatic carbocycles. The van der Waals surface area contributed by atoms with Crippen molar-refractivity contribution >= 4 is 23.3 Å². The van der Waals surface area contributed by atoms with Gasteiger partial charge in [0.15, 0.2) is 11.9 Å². The average molecular weight is 476 g/mol. The number of nitrogens with zero attached hydrogens (tertiary/aromatic N) is 1. The highest BCUT2D eigenvalue weighted by atomic mass is 16.5.